The molecule has 0 amide bonds. The van der Waals surface area contributed by atoms with Crippen molar-refractivity contribution in [3.63, 3.8) is 0 Å². The van der Waals surface area contributed by atoms with E-state index in [1.54, 1.807) is 0 Å². The zero-order chi connectivity index (χ0) is 38.3. The number of carbonyl (C=O) groups excluding carboxylic acids is 1. The van der Waals surface area contributed by atoms with Gasteiger partial charge in [0.15, 0.2) is 0 Å². The quantitative estimate of drug-likeness (QED) is 0.129. The molecule has 5 aliphatic carbocycles. The Morgan fingerprint density at radius 3 is 1.83 bits per heavy atom. The van der Waals surface area contributed by atoms with Gasteiger partial charge in [-0.2, -0.15) is 0 Å². The number of fused-ring (bicyclic) bond motifs is 2. The summed E-state index contributed by atoms with van der Waals surface area (Å²) in [5.41, 5.74) is 2.86. The average molecular weight is 727 g/mol. The Balaban J connectivity index is 0.000000236. The van der Waals surface area contributed by atoms with Gasteiger partial charge in [0.25, 0.3) is 0 Å². The highest BCUT2D eigenvalue weighted by Crippen LogP contribution is 2.48. The Morgan fingerprint density at radius 1 is 0.788 bits per heavy atom. The van der Waals surface area contributed by atoms with Gasteiger partial charge in [0.2, 0.25) is 0 Å². The molecule has 0 aromatic carbocycles. The molecule has 5 rings (SSSR count). The van der Waals surface area contributed by atoms with E-state index in [2.05, 4.69) is 78.0 Å². The molecule has 0 radical (unpaired) electrons. The highest BCUT2D eigenvalue weighted by Gasteiger charge is 2.41. The van der Waals surface area contributed by atoms with E-state index in [-0.39, 0.29) is 42.9 Å². The summed E-state index contributed by atoms with van der Waals surface area (Å²) in [5, 5.41) is 49.8. The first-order chi connectivity index (χ1) is 24.5. The molecule has 1 saturated carbocycles. The fraction of sp³-hybridized carbons (Fsp3) is 0.773. The molecular weight excluding hydrogens is 656 g/mol. The molecule has 5 N–H and O–H groups in total. The second kappa shape index (κ2) is 18.9. The number of allylic oxidation sites excluding steroid dienone is 6. The van der Waals surface area contributed by atoms with Gasteiger partial charge in [0.1, 0.15) is 0 Å². The Morgan fingerprint density at radius 2 is 1.31 bits per heavy atom. The number of esters is 1. The molecule has 0 heterocycles. The predicted molar refractivity (Wildman–Crippen MR) is 205 cm³/mol. The van der Waals surface area contributed by atoms with Crippen LogP contribution < -0.4 is 0 Å². The van der Waals surface area contributed by atoms with Gasteiger partial charge in [-0.1, -0.05) is 84.4 Å². The summed E-state index contributed by atoms with van der Waals surface area (Å²) in [4.78, 5) is 22.4. The van der Waals surface area contributed by atoms with Gasteiger partial charge in [-0.05, 0) is 122 Å². The number of rotatable bonds is 12. The molecule has 0 bridgehead atoms. The van der Waals surface area contributed by atoms with E-state index in [0.29, 0.717) is 65.6 Å². The molecule has 0 spiro atoms. The van der Waals surface area contributed by atoms with Crippen LogP contribution in [0.1, 0.15) is 119 Å². The maximum atomic E-state index is 11.8. The lowest BCUT2D eigenvalue weighted by molar-refractivity contribution is -0.142. The van der Waals surface area contributed by atoms with Crippen LogP contribution in [0.25, 0.3) is 0 Å². The van der Waals surface area contributed by atoms with Crippen LogP contribution in [0.4, 0.5) is 0 Å². The van der Waals surface area contributed by atoms with E-state index in [0.717, 1.165) is 32.1 Å². The zero-order valence-electron chi connectivity index (χ0n) is 33.0. The Hall–Kier alpha value is -2.26. The van der Waals surface area contributed by atoms with E-state index in [1.165, 1.54) is 37.5 Å². The van der Waals surface area contributed by atoms with Gasteiger partial charge in [-0.25, -0.2) is 0 Å². The maximum Gasteiger partial charge on any atom is 0.305 e. The number of methoxy groups -OCH3 is 1. The van der Waals surface area contributed by atoms with Crippen molar-refractivity contribution in [2.75, 3.05) is 7.11 Å². The standard InChI is InChI=1S/C25H40O3.C19H30O5/c1-16-10-20-8-6-17(2)21(24(20)22(26)11-16)9-7-18-12-19(13-23(27)28-5)15-25(3,4)14-18;1-11-7-13-4-3-12(2)16(19(13)17(22)8-11)6-5-14(20)9-15(21)10-18(23)24/h6,8,10,16-19,21-22,24,26H,7,9,11-15H2,1-5H3;3-4,7,11-12,14-17,19-22H,5-6,8-10H2,1-2H3,(H,23,24)/t16-,17-,18+,19+,21-,22-,24?;11-,12-,14+,15+,16-,17-,19?/m00/s1. The van der Waals surface area contributed by atoms with E-state index < -0.39 is 18.2 Å². The lowest BCUT2D eigenvalue weighted by Crippen LogP contribution is -2.38. The molecule has 0 saturated heterocycles. The van der Waals surface area contributed by atoms with Crippen molar-refractivity contribution < 1.29 is 39.9 Å². The van der Waals surface area contributed by atoms with Gasteiger partial charge in [-0.15, -0.1) is 0 Å². The van der Waals surface area contributed by atoms with Crippen molar-refractivity contribution in [2.24, 2.45) is 64.6 Å². The van der Waals surface area contributed by atoms with Crippen molar-refractivity contribution in [1.29, 1.82) is 0 Å². The summed E-state index contributed by atoms with van der Waals surface area (Å²) in [6.45, 7) is 13.5. The van der Waals surface area contributed by atoms with E-state index in [9.17, 15) is 30.0 Å². The first kappa shape index (κ1) is 42.5. The third-order valence-electron chi connectivity index (χ3n) is 13.0. The van der Waals surface area contributed by atoms with E-state index in [1.807, 2.05) is 0 Å². The minimum Gasteiger partial charge on any atom is -0.481 e. The second-order valence-corrected chi connectivity index (χ2v) is 18.3. The summed E-state index contributed by atoms with van der Waals surface area (Å²) >= 11 is 0. The van der Waals surface area contributed by atoms with E-state index in [4.69, 9.17) is 9.84 Å². The highest BCUT2D eigenvalue weighted by molar-refractivity contribution is 5.69. The lowest BCUT2D eigenvalue weighted by Gasteiger charge is -2.43. The summed E-state index contributed by atoms with van der Waals surface area (Å²) in [7, 11) is 1.49. The van der Waals surface area contributed by atoms with Crippen LogP contribution in [0.15, 0.2) is 47.6 Å². The molecule has 0 aromatic heterocycles. The molecule has 14 atom stereocenters. The fourth-order valence-electron chi connectivity index (χ4n) is 10.8. The second-order valence-electron chi connectivity index (χ2n) is 18.3. The number of aliphatic hydroxyl groups excluding tert-OH is 4. The summed E-state index contributed by atoms with van der Waals surface area (Å²) in [6, 6.07) is 0. The SMILES string of the molecule is COC(=O)C[C@H]1C[C@@H](CC[C@@H]2C3C(=C[C@H](C)C[C@@H]3O)C=C[C@@H]2C)CC(C)(C)C1.C[C@H]1C=C2C=C[C@H](C)[C@H](CC[C@@H](O)C[C@@H](O)CC(=O)O)C2[C@@H](O)C1. The van der Waals surface area contributed by atoms with Crippen molar-refractivity contribution in [3.05, 3.63) is 47.6 Å². The zero-order valence-corrected chi connectivity index (χ0v) is 33.0. The average Bonchev–Trinajstić information content (AvgIpc) is 3.03. The van der Waals surface area contributed by atoms with Crippen LogP contribution in [-0.2, 0) is 14.3 Å². The number of aliphatic hydroxyl groups is 4. The Kier molecular flexibility index (Phi) is 15.4. The smallest absolute Gasteiger partial charge is 0.305 e. The number of hydrogen-bond donors (Lipinski definition) is 5. The minimum atomic E-state index is -1.06. The van der Waals surface area contributed by atoms with Crippen molar-refractivity contribution in [2.45, 2.75) is 143 Å². The van der Waals surface area contributed by atoms with Gasteiger partial charge in [0, 0.05) is 18.3 Å². The van der Waals surface area contributed by atoms with Crippen molar-refractivity contribution >= 4 is 11.9 Å². The largest absolute Gasteiger partial charge is 0.481 e. The normalized spacial score (nSPS) is 37.6. The number of hydrogen-bond acceptors (Lipinski definition) is 7. The van der Waals surface area contributed by atoms with Gasteiger partial charge < -0.3 is 30.3 Å². The molecule has 1 fully saturated rings. The molecular formula is C44H70O8. The van der Waals surface area contributed by atoms with E-state index >= 15 is 0 Å². The minimum absolute atomic E-state index is 0.0679. The topological polar surface area (TPSA) is 145 Å². The molecule has 2 unspecified atom stereocenters. The van der Waals surface area contributed by atoms with Crippen LogP contribution in [0.2, 0.25) is 0 Å². The summed E-state index contributed by atoms with van der Waals surface area (Å²) in [6.07, 6.45) is 20.3. The first-order valence-electron chi connectivity index (χ1n) is 20.3. The van der Waals surface area contributed by atoms with Crippen molar-refractivity contribution in [1.82, 2.24) is 0 Å². The summed E-state index contributed by atoms with van der Waals surface area (Å²) < 4.78 is 4.92. The molecule has 52 heavy (non-hydrogen) atoms. The van der Waals surface area contributed by atoms with Crippen LogP contribution in [0.5, 0.6) is 0 Å². The first-order valence-corrected chi connectivity index (χ1v) is 20.3. The third kappa shape index (κ3) is 11.9. The number of carboxylic acid groups (broad SMARTS) is 1. The van der Waals surface area contributed by atoms with Gasteiger partial charge in [-0.3, -0.25) is 9.59 Å². The molecule has 8 heteroatoms. The fourth-order valence-corrected chi connectivity index (χ4v) is 10.8. The van der Waals surface area contributed by atoms with Gasteiger partial charge in [0.05, 0.1) is 37.9 Å². The molecule has 5 aliphatic rings. The number of aliphatic carboxylic acids is 1. The summed E-state index contributed by atoms with van der Waals surface area (Å²) in [5.74, 6) is 2.88. The van der Waals surface area contributed by atoms with Gasteiger partial charge >= 0.3 is 11.9 Å². The van der Waals surface area contributed by atoms with Crippen molar-refractivity contribution in [3.8, 4) is 0 Å². The lowest BCUT2D eigenvalue weighted by atomic mass is 9.62. The predicted octanol–water partition coefficient (Wildman–Crippen LogP) is 7.66. The Bertz CT molecular complexity index is 1310. The molecule has 8 nitrogen and oxygen atoms in total. The third-order valence-corrected chi connectivity index (χ3v) is 13.0. The Labute approximate surface area is 313 Å². The molecule has 0 aromatic rings. The van der Waals surface area contributed by atoms with Crippen LogP contribution >= 0.6 is 0 Å². The van der Waals surface area contributed by atoms with Crippen LogP contribution in [0, 0.1) is 64.6 Å². The number of carboxylic acids is 1. The number of ether oxygens (including phenoxy) is 1. The van der Waals surface area contributed by atoms with Crippen LogP contribution in [0.3, 0.4) is 0 Å². The van der Waals surface area contributed by atoms with Crippen LogP contribution in [-0.4, -0.2) is 69.0 Å². The monoisotopic (exact) mass is 727 g/mol. The highest BCUT2D eigenvalue weighted by atomic mass is 16.5. The number of carbonyl (C=O) groups is 2. The maximum absolute atomic E-state index is 11.8. The molecule has 0 aliphatic heterocycles. The molecule has 294 valence electrons.